The molecular weight excluding hydrogens is 350 g/mol. The number of aliphatic hydroxyl groups is 2. The van der Waals surface area contributed by atoms with Crippen molar-refractivity contribution in [2.24, 2.45) is 0 Å². The molecule has 8 nitrogen and oxygen atoms in total. The quantitative estimate of drug-likeness (QED) is 0.469. The van der Waals surface area contributed by atoms with E-state index < -0.39 is 30.2 Å². The maximum Gasteiger partial charge on any atom is 0.351 e. The Morgan fingerprint density at radius 3 is 2.52 bits per heavy atom. The Hall–Kier alpha value is -1.48. The minimum atomic E-state index is -1.02. The number of ether oxygens (including phenoxy) is 2. The van der Waals surface area contributed by atoms with Gasteiger partial charge in [0.15, 0.2) is 6.23 Å². The molecule has 0 aliphatic carbocycles. The topological polar surface area (TPSA) is 120 Å². The van der Waals surface area contributed by atoms with Crippen molar-refractivity contribution in [3.8, 4) is 0 Å². The summed E-state index contributed by atoms with van der Waals surface area (Å²) in [5.41, 5.74) is 4.94. The van der Waals surface area contributed by atoms with Crippen LogP contribution in [0.15, 0.2) is 17.1 Å². The Labute approximate surface area is 160 Å². The van der Waals surface area contributed by atoms with Crippen molar-refractivity contribution >= 4 is 5.82 Å². The van der Waals surface area contributed by atoms with E-state index >= 15 is 0 Å². The highest BCUT2D eigenvalue weighted by atomic mass is 16.6. The predicted octanol–water partition coefficient (Wildman–Crippen LogP) is 1.60. The Balaban J connectivity index is 1.84. The number of hydrogen-bond donors (Lipinski definition) is 3. The molecule has 4 atom stereocenters. The molecule has 2 rings (SSSR count). The zero-order chi connectivity index (χ0) is 19.6. The van der Waals surface area contributed by atoms with E-state index in [9.17, 15) is 15.0 Å². The van der Waals surface area contributed by atoms with Crippen molar-refractivity contribution in [2.45, 2.75) is 82.8 Å². The van der Waals surface area contributed by atoms with Crippen molar-refractivity contribution in [3.63, 3.8) is 0 Å². The van der Waals surface area contributed by atoms with E-state index in [1.165, 1.54) is 55.4 Å². The van der Waals surface area contributed by atoms with Crippen molar-refractivity contribution in [1.82, 2.24) is 9.55 Å². The number of unbranched alkanes of at least 4 members (excludes halogenated alkanes) is 7. The van der Waals surface area contributed by atoms with Crippen LogP contribution in [-0.2, 0) is 9.47 Å². The van der Waals surface area contributed by atoms with Crippen LogP contribution in [0.1, 0.15) is 64.5 Å². The number of anilines is 1. The van der Waals surface area contributed by atoms with Crippen molar-refractivity contribution in [3.05, 3.63) is 22.7 Å². The summed E-state index contributed by atoms with van der Waals surface area (Å²) in [6, 6.07) is 1.49. The van der Waals surface area contributed by atoms with Crippen LogP contribution in [0.2, 0.25) is 0 Å². The Bertz CT molecular complexity index is 609. The standard InChI is InChI=1S/C19H33N3O5/c1-2-3-4-5-6-7-8-9-12-26-17-16(24)14(13-23)27-18(17)22-11-10-15(20)21-19(22)25/h10-11,14,16-18,23-24H,2-9,12-13H2,1H3,(H2,20,21,25)/t14-,16-,17+,18-/m1/s1. The fourth-order valence-electron chi connectivity index (χ4n) is 3.35. The lowest BCUT2D eigenvalue weighted by Crippen LogP contribution is -2.38. The molecule has 0 saturated carbocycles. The van der Waals surface area contributed by atoms with E-state index in [0.717, 1.165) is 12.8 Å². The van der Waals surface area contributed by atoms with E-state index in [0.29, 0.717) is 6.61 Å². The van der Waals surface area contributed by atoms with Crippen molar-refractivity contribution in [2.75, 3.05) is 18.9 Å². The summed E-state index contributed by atoms with van der Waals surface area (Å²) in [7, 11) is 0. The SMILES string of the molecule is CCCCCCCCCCO[C@H]1[C@H](O)[C@@H](CO)O[C@H]1n1ccc(N)nc1=O. The van der Waals surface area contributed by atoms with Crippen LogP contribution in [0.5, 0.6) is 0 Å². The minimum Gasteiger partial charge on any atom is -0.394 e. The zero-order valence-corrected chi connectivity index (χ0v) is 16.1. The Kier molecular flexibility index (Phi) is 9.20. The van der Waals surface area contributed by atoms with E-state index in [1.807, 2.05) is 0 Å². The number of hydrogen-bond acceptors (Lipinski definition) is 7. The summed E-state index contributed by atoms with van der Waals surface area (Å²) in [6.07, 6.45) is 7.53. The fourth-order valence-corrected chi connectivity index (χ4v) is 3.35. The highest BCUT2D eigenvalue weighted by molar-refractivity contribution is 5.23. The van der Waals surface area contributed by atoms with Gasteiger partial charge in [0.2, 0.25) is 0 Å². The Morgan fingerprint density at radius 1 is 1.22 bits per heavy atom. The van der Waals surface area contributed by atoms with Gasteiger partial charge in [-0.15, -0.1) is 0 Å². The van der Waals surface area contributed by atoms with Crippen LogP contribution in [-0.4, -0.2) is 51.3 Å². The van der Waals surface area contributed by atoms with Gasteiger partial charge in [0, 0.05) is 12.8 Å². The zero-order valence-electron chi connectivity index (χ0n) is 16.1. The van der Waals surface area contributed by atoms with Crippen LogP contribution in [0.25, 0.3) is 0 Å². The van der Waals surface area contributed by atoms with Crippen LogP contribution in [0.3, 0.4) is 0 Å². The first-order valence-electron chi connectivity index (χ1n) is 9.99. The van der Waals surface area contributed by atoms with Gasteiger partial charge in [-0.2, -0.15) is 4.98 Å². The molecule has 1 fully saturated rings. The molecule has 0 radical (unpaired) electrons. The molecule has 0 spiro atoms. The molecule has 1 aliphatic heterocycles. The predicted molar refractivity (Wildman–Crippen MR) is 102 cm³/mol. The normalized spacial score (nSPS) is 25.1. The summed E-state index contributed by atoms with van der Waals surface area (Å²) in [5, 5.41) is 19.8. The molecule has 2 heterocycles. The van der Waals surface area contributed by atoms with Crippen LogP contribution in [0, 0.1) is 0 Å². The van der Waals surface area contributed by atoms with E-state index in [2.05, 4.69) is 11.9 Å². The molecule has 4 N–H and O–H groups in total. The van der Waals surface area contributed by atoms with Gasteiger partial charge in [0.05, 0.1) is 6.61 Å². The smallest absolute Gasteiger partial charge is 0.351 e. The number of rotatable bonds is 12. The molecule has 1 saturated heterocycles. The van der Waals surface area contributed by atoms with Crippen LogP contribution < -0.4 is 11.4 Å². The second-order valence-corrected chi connectivity index (χ2v) is 7.09. The van der Waals surface area contributed by atoms with Gasteiger partial charge in [-0.25, -0.2) is 4.79 Å². The average Bonchev–Trinajstić information content (AvgIpc) is 2.96. The lowest BCUT2D eigenvalue weighted by Gasteiger charge is -2.22. The second-order valence-electron chi connectivity index (χ2n) is 7.09. The first-order chi connectivity index (χ1) is 13.1. The van der Waals surface area contributed by atoms with Crippen LogP contribution >= 0.6 is 0 Å². The second kappa shape index (κ2) is 11.4. The monoisotopic (exact) mass is 383 g/mol. The van der Waals surface area contributed by atoms with Gasteiger partial charge in [-0.3, -0.25) is 4.57 Å². The largest absolute Gasteiger partial charge is 0.394 e. The number of nitrogens with two attached hydrogens (primary N) is 1. The van der Waals surface area contributed by atoms with Crippen molar-refractivity contribution < 1.29 is 19.7 Å². The third-order valence-electron chi connectivity index (χ3n) is 4.93. The number of aromatic nitrogens is 2. The molecule has 0 aromatic carbocycles. The summed E-state index contributed by atoms with van der Waals surface area (Å²) >= 11 is 0. The maximum atomic E-state index is 12.1. The number of aliphatic hydroxyl groups excluding tert-OH is 2. The summed E-state index contributed by atoms with van der Waals surface area (Å²) in [6.45, 7) is 2.32. The fraction of sp³-hybridized carbons (Fsp3) is 0.789. The molecular formula is C19H33N3O5. The Morgan fingerprint density at radius 2 is 1.89 bits per heavy atom. The average molecular weight is 383 g/mol. The van der Waals surface area contributed by atoms with Gasteiger partial charge in [0.1, 0.15) is 24.1 Å². The molecule has 1 aromatic rings. The lowest BCUT2D eigenvalue weighted by atomic mass is 10.1. The third kappa shape index (κ3) is 6.27. The van der Waals surface area contributed by atoms with Gasteiger partial charge in [0.25, 0.3) is 0 Å². The third-order valence-corrected chi connectivity index (χ3v) is 4.93. The van der Waals surface area contributed by atoms with Gasteiger partial charge in [-0.05, 0) is 12.5 Å². The first kappa shape index (κ1) is 21.8. The highest BCUT2D eigenvalue weighted by Crippen LogP contribution is 2.31. The lowest BCUT2D eigenvalue weighted by molar-refractivity contribution is -0.0748. The summed E-state index contributed by atoms with van der Waals surface area (Å²) < 4.78 is 12.7. The molecule has 27 heavy (non-hydrogen) atoms. The van der Waals surface area contributed by atoms with Crippen LogP contribution in [0.4, 0.5) is 5.82 Å². The minimum absolute atomic E-state index is 0.116. The molecule has 1 aromatic heterocycles. The molecule has 1 aliphatic rings. The molecule has 0 amide bonds. The molecule has 8 heteroatoms. The first-order valence-corrected chi connectivity index (χ1v) is 9.99. The summed E-state index contributed by atoms with van der Waals surface area (Å²) in [4.78, 5) is 15.8. The van der Waals surface area contributed by atoms with E-state index in [1.54, 1.807) is 0 Å². The van der Waals surface area contributed by atoms with Gasteiger partial charge in [-0.1, -0.05) is 51.9 Å². The molecule has 0 bridgehead atoms. The van der Waals surface area contributed by atoms with Gasteiger partial charge < -0.3 is 25.4 Å². The maximum absolute atomic E-state index is 12.1. The summed E-state index contributed by atoms with van der Waals surface area (Å²) in [5.74, 6) is 0.116. The molecule has 154 valence electrons. The highest BCUT2D eigenvalue weighted by Gasteiger charge is 2.45. The van der Waals surface area contributed by atoms with E-state index in [-0.39, 0.29) is 12.4 Å². The number of nitrogen functional groups attached to an aromatic ring is 1. The van der Waals surface area contributed by atoms with E-state index in [4.69, 9.17) is 15.2 Å². The number of nitrogens with zero attached hydrogens (tertiary/aromatic N) is 2. The van der Waals surface area contributed by atoms with Gasteiger partial charge >= 0.3 is 5.69 Å². The van der Waals surface area contributed by atoms with Crippen molar-refractivity contribution in [1.29, 1.82) is 0 Å². The molecule has 0 unspecified atom stereocenters.